The largest absolute Gasteiger partial charge is 0.337 e. The molecule has 0 N–H and O–H groups in total. The van der Waals surface area contributed by atoms with Crippen molar-refractivity contribution in [2.24, 2.45) is 11.8 Å². The zero-order chi connectivity index (χ0) is 81.4. The van der Waals surface area contributed by atoms with Crippen molar-refractivity contribution in [1.29, 1.82) is 10.5 Å². The molecule has 0 saturated heterocycles. The van der Waals surface area contributed by atoms with Gasteiger partial charge in [0.25, 0.3) is 11.4 Å². The Hall–Kier alpha value is -8.30. The van der Waals surface area contributed by atoms with E-state index in [9.17, 15) is 37.7 Å². The van der Waals surface area contributed by atoms with Crippen molar-refractivity contribution in [1.82, 2.24) is 17.9 Å². The Labute approximate surface area is 715 Å². The number of allylic oxidation sites excluding steroid dienone is 6. The number of nitrogens with zero attached hydrogens (tertiary/aromatic N) is 8. The van der Waals surface area contributed by atoms with E-state index in [2.05, 4.69) is 84.6 Å². The van der Waals surface area contributed by atoms with Crippen molar-refractivity contribution in [3.05, 3.63) is 160 Å². The minimum atomic E-state index is -1.17. The van der Waals surface area contributed by atoms with Crippen molar-refractivity contribution < 1.29 is 27.2 Å². The number of benzene rings is 3. The number of halogens is 4. The number of fused-ring (bicyclic) bond motifs is 18. The lowest BCUT2D eigenvalue weighted by atomic mass is 9.99. The van der Waals surface area contributed by atoms with Crippen LogP contribution in [0, 0.1) is 70.9 Å². The van der Waals surface area contributed by atoms with Gasteiger partial charge in [0.15, 0.2) is 34.8 Å². The maximum Gasteiger partial charge on any atom is 0.270 e. The van der Waals surface area contributed by atoms with Gasteiger partial charge in [-0.1, -0.05) is 183 Å². The van der Waals surface area contributed by atoms with Crippen LogP contribution in [-0.2, 0) is 25.9 Å². The van der Waals surface area contributed by atoms with Crippen molar-refractivity contribution in [3.63, 3.8) is 0 Å². The van der Waals surface area contributed by atoms with Crippen LogP contribution in [0.3, 0.4) is 0 Å². The lowest BCUT2D eigenvalue weighted by molar-refractivity contribution is 0.103. The van der Waals surface area contributed by atoms with Gasteiger partial charge in [-0.3, -0.25) is 9.59 Å². The fraction of sp³-hybridized carbons (Fsp3) is 0.404. The molecule has 2 aliphatic carbocycles. The van der Waals surface area contributed by atoms with Crippen LogP contribution in [0.5, 0.6) is 0 Å². The molecule has 14 aromatic rings. The number of hydrogen-bond acceptors (Lipinski definition) is 15. The van der Waals surface area contributed by atoms with Gasteiger partial charge in [-0.05, 0) is 133 Å². The lowest BCUT2D eigenvalue weighted by Gasteiger charge is -2.20. The fourth-order valence-corrected chi connectivity index (χ4v) is 29.4. The third-order valence-electron chi connectivity index (χ3n) is 24.0. The summed E-state index contributed by atoms with van der Waals surface area (Å²) >= 11 is 15.6. The molecule has 10 nitrogen and oxygen atoms in total. The first-order valence-electron chi connectivity index (χ1n) is 41.8. The Morgan fingerprint density at radius 1 is 0.436 bits per heavy atom. The molecular formula is C94H90F4N8O2S9. The number of carbonyl (C=O) groups excluding carboxylic acids is 2. The van der Waals surface area contributed by atoms with Gasteiger partial charge in [0.05, 0.1) is 87.3 Å². The molecular weight excluding hydrogens is 1640 g/mol. The van der Waals surface area contributed by atoms with Crippen LogP contribution in [0.25, 0.3) is 143 Å². The van der Waals surface area contributed by atoms with Crippen LogP contribution >= 0.6 is 102 Å². The van der Waals surface area contributed by atoms with E-state index in [0.717, 1.165) is 167 Å². The maximum atomic E-state index is 14.9. The molecule has 600 valence electrons. The smallest absolute Gasteiger partial charge is 0.270 e. The van der Waals surface area contributed by atoms with Gasteiger partial charge in [-0.25, -0.2) is 37.8 Å². The Balaban J connectivity index is 0.876. The van der Waals surface area contributed by atoms with E-state index < -0.39 is 34.8 Å². The average molecular weight is 1730 g/mol. The standard InChI is InChI=1S/C94H90F4N8O2S9/c1-9-15-19-21-23-25-27-29-31-35-55-87(73-45-71-69(111-73)39-53(109-71)37-61-75(67(47-99)101-7)57-41-63(95)65(97)43-59(57)85(61)107)113-93-83-91(115-89(55)93)77-79-80(104-117-103-79)78-82(81(77)105(83)49-51(13-5)33-17-11-3)106(50-52(14-6)34-18-12-4)84-92(78)116-90-56(36-32-30-28-26-24-22-20-16-10-2)88(114-94(84)90)74-46-72-70(112-74)40-54(110-72)38-62-76(68(48-100)102-8)58-42-64(96)66(98)44-60(58)86(62)108/h37-46,51-52H,9-36,49-50H2,1-6H3/b61-37-,62-38-,75-67-,76-68+. The van der Waals surface area contributed by atoms with Crippen LogP contribution < -0.4 is 0 Å². The van der Waals surface area contributed by atoms with E-state index in [1.54, 1.807) is 34.8 Å². The number of nitriles is 2. The molecule has 11 aromatic heterocycles. The molecule has 0 fully saturated rings. The fourth-order valence-electron chi connectivity index (χ4n) is 17.8. The second-order valence-electron chi connectivity index (χ2n) is 31.6. The molecule has 2 unspecified atom stereocenters. The molecule has 0 radical (unpaired) electrons. The molecule has 0 bridgehead atoms. The average Bonchev–Trinajstić information content (AvgIpc) is 1.50. The Bertz CT molecular complexity index is 6100. The van der Waals surface area contributed by atoms with Crippen molar-refractivity contribution in [2.45, 2.75) is 234 Å². The number of aryl methyl sites for hydroxylation is 2. The summed E-state index contributed by atoms with van der Waals surface area (Å²) in [6.45, 7) is 31.3. The highest BCUT2D eigenvalue weighted by Gasteiger charge is 2.38. The monoisotopic (exact) mass is 1730 g/mol. The number of aromatic nitrogens is 4. The van der Waals surface area contributed by atoms with Gasteiger partial charge in [0.1, 0.15) is 11.0 Å². The van der Waals surface area contributed by atoms with Crippen molar-refractivity contribution >= 4 is 228 Å². The quantitative estimate of drug-likeness (QED) is 0.0127. The van der Waals surface area contributed by atoms with E-state index >= 15 is 0 Å². The summed E-state index contributed by atoms with van der Waals surface area (Å²) in [7, 11) is 0. The number of Topliss-reactive ketones (excluding diaryl/α,β-unsaturated/α-hetero) is 2. The number of rotatable bonds is 36. The van der Waals surface area contributed by atoms with Crippen molar-refractivity contribution in [3.8, 4) is 31.6 Å². The second-order valence-corrected chi connectivity index (χ2v) is 40.6. The van der Waals surface area contributed by atoms with E-state index in [0.29, 0.717) is 11.8 Å². The molecule has 16 rings (SSSR count). The first-order chi connectivity index (χ1) is 57.1. The summed E-state index contributed by atoms with van der Waals surface area (Å²) in [4.78, 5) is 41.5. The molecule has 2 atom stereocenters. The zero-order valence-corrected chi connectivity index (χ0v) is 74.1. The summed E-state index contributed by atoms with van der Waals surface area (Å²) in [5, 5.41) is 22.7. The predicted molar refractivity (Wildman–Crippen MR) is 491 cm³/mol. The van der Waals surface area contributed by atoms with Gasteiger partial charge in [-0.2, -0.15) is 8.75 Å². The molecule has 11 heterocycles. The van der Waals surface area contributed by atoms with Crippen LogP contribution in [0.2, 0.25) is 0 Å². The predicted octanol–water partition coefficient (Wildman–Crippen LogP) is 32.3. The summed E-state index contributed by atoms with van der Waals surface area (Å²) in [5.41, 5.74) is 9.24. The molecule has 2 aliphatic rings. The van der Waals surface area contributed by atoms with Crippen molar-refractivity contribution in [2.75, 3.05) is 0 Å². The summed E-state index contributed by atoms with van der Waals surface area (Å²) in [6.07, 6.45) is 36.0. The van der Waals surface area contributed by atoms with Crippen LogP contribution in [0.4, 0.5) is 17.6 Å². The molecule has 0 aliphatic heterocycles. The number of unbranched alkanes of at least 4 members (excludes halogenated alkanes) is 18. The van der Waals surface area contributed by atoms with E-state index in [1.807, 2.05) is 57.5 Å². The summed E-state index contributed by atoms with van der Waals surface area (Å²) in [5.74, 6) is -4.96. The lowest BCUT2D eigenvalue weighted by Crippen LogP contribution is -2.13. The van der Waals surface area contributed by atoms with Gasteiger partial charge in [0, 0.05) is 105 Å². The van der Waals surface area contributed by atoms with E-state index in [4.69, 9.17) is 21.9 Å². The minimum absolute atomic E-state index is 0.0231. The van der Waals surface area contributed by atoms with E-state index in [-0.39, 0.29) is 55.9 Å². The Kier molecular flexibility index (Phi) is 25.3. The second kappa shape index (κ2) is 35.9. The van der Waals surface area contributed by atoms with Gasteiger partial charge >= 0.3 is 0 Å². The number of carbonyl (C=O) groups is 2. The molecule has 117 heavy (non-hydrogen) atoms. The summed E-state index contributed by atoms with van der Waals surface area (Å²) in [6, 6.07) is 16.1. The first-order valence-corrected chi connectivity index (χ1v) is 49.0. The zero-order valence-electron chi connectivity index (χ0n) is 66.7. The van der Waals surface area contributed by atoms with Crippen LogP contribution in [0.1, 0.15) is 261 Å². The molecule has 23 heteroatoms. The van der Waals surface area contributed by atoms with Crippen LogP contribution in [0.15, 0.2) is 71.1 Å². The van der Waals surface area contributed by atoms with E-state index in [1.165, 1.54) is 216 Å². The number of thiophene rings is 8. The van der Waals surface area contributed by atoms with Gasteiger partial charge in [0.2, 0.25) is 0 Å². The first kappa shape index (κ1) is 82.4. The molecule has 0 amide bonds. The topological polar surface area (TPSA) is 126 Å². The number of ketones is 2. The highest BCUT2D eigenvalue weighted by atomic mass is 32.1. The molecule has 3 aromatic carbocycles. The minimum Gasteiger partial charge on any atom is -0.337 e. The van der Waals surface area contributed by atoms with Crippen LogP contribution in [-0.4, -0.2) is 29.4 Å². The highest BCUT2D eigenvalue weighted by Crippen LogP contribution is 2.59. The van der Waals surface area contributed by atoms with Gasteiger partial charge < -0.3 is 9.13 Å². The SMILES string of the molecule is [C-]#[N+]/C(C#N)=C1\C(=C\c2cc3sc(-c4sc5c(sc6c7c8nsnc8c8c9sc%10c(CCCCCCCCCCC)c(-c%11cc%12sc(/C=C%13\C(=O)c%14cc(F)c(F)cc%14\C%13=C(\C#N)[N+]#[C-])cc%12s%11)sc%10c9n(CC(CC)CCCC)c8c7n(CC(CC)CCCC)c56)c4CCCCCCCCCCC)cc3s2)C(=O)c2cc(F)c(F)cc21. The normalized spacial score (nSPS) is 15.3. The highest BCUT2D eigenvalue weighted by molar-refractivity contribution is 7.38. The third kappa shape index (κ3) is 15.4. The third-order valence-corrected chi connectivity index (χ3v) is 34.6. The number of hydrogen-bond donors (Lipinski definition) is 0. The van der Waals surface area contributed by atoms with Gasteiger partial charge in [-0.15, -0.1) is 90.7 Å². The maximum absolute atomic E-state index is 14.9. The molecule has 0 saturated carbocycles. The Morgan fingerprint density at radius 3 is 1.15 bits per heavy atom. The molecule has 0 spiro atoms. The Morgan fingerprint density at radius 2 is 0.795 bits per heavy atom. The summed E-state index contributed by atoms with van der Waals surface area (Å²) < 4.78 is 87.7.